The topological polar surface area (TPSA) is 101 Å². The Labute approximate surface area is 220 Å². The number of carbonyl (C=O) groups is 2. The largest absolute Gasteiger partial charge is 0.383 e. The van der Waals surface area contributed by atoms with Crippen molar-refractivity contribution in [2.45, 2.75) is 38.8 Å². The highest BCUT2D eigenvalue weighted by Gasteiger charge is 2.20. The summed E-state index contributed by atoms with van der Waals surface area (Å²) >= 11 is 6.18. The Morgan fingerprint density at radius 2 is 1.81 bits per heavy atom. The molecular formula is C29H28ClN5O2. The van der Waals surface area contributed by atoms with Gasteiger partial charge in [0.05, 0.1) is 10.6 Å². The number of aromatic nitrogens is 2. The minimum Gasteiger partial charge on any atom is -0.383 e. The second kappa shape index (κ2) is 11.0. The first-order valence-corrected chi connectivity index (χ1v) is 12.8. The van der Waals surface area contributed by atoms with Crippen molar-refractivity contribution in [2.24, 2.45) is 0 Å². The Kier molecular flexibility index (Phi) is 7.32. The molecule has 1 aliphatic heterocycles. The Bertz CT molecular complexity index is 1450. The third-order valence-corrected chi connectivity index (χ3v) is 6.89. The highest BCUT2D eigenvalue weighted by molar-refractivity contribution is 6.31. The van der Waals surface area contributed by atoms with Crippen LogP contribution >= 0.6 is 11.6 Å². The minimum atomic E-state index is -0.0301. The molecule has 188 valence electrons. The number of carbonyl (C=O) groups excluding carboxylic acids is 2. The van der Waals surface area contributed by atoms with Gasteiger partial charge in [-0.3, -0.25) is 9.59 Å². The lowest BCUT2D eigenvalue weighted by Crippen LogP contribution is -2.23. The Morgan fingerprint density at radius 1 is 1.03 bits per heavy atom. The van der Waals surface area contributed by atoms with Gasteiger partial charge in [0.15, 0.2) is 5.78 Å². The predicted molar refractivity (Wildman–Crippen MR) is 146 cm³/mol. The fraction of sp³-hybridized carbons (Fsp3) is 0.241. The van der Waals surface area contributed by atoms with Gasteiger partial charge in [0.1, 0.15) is 11.6 Å². The number of hydrogen-bond acceptors (Lipinski definition) is 6. The SMILES string of the molecule is Nc1nccc2cc(CCC(=O)c3cc(Cl)cnc3NCc3ccc(CN4CCCC4=O)cc3)ccc12. The molecule has 7 nitrogen and oxygen atoms in total. The summed E-state index contributed by atoms with van der Waals surface area (Å²) in [5, 5.41) is 5.62. The van der Waals surface area contributed by atoms with Crippen LogP contribution in [0.4, 0.5) is 11.6 Å². The standard InChI is InChI=1S/C29H28ClN5O2/c30-23-15-25(26(36)10-8-19-7-9-24-22(14-19)11-12-32-28(24)31)29(34-17-23)33-16-20-3-5-21(6-4-20)18-35-13-1-2-27(35)37/h3-7,9,11-12,14-15,17H,1-2,8,10,13,16,18H2,(H2,31,32)(H,33,34). The lowest BCUT2D eigenvalue weighted by atomic mass is 10.0. The average Bonchev–Trinajstić information content (AvgIpc) is 3.31. The number of nitrogens with one attached hydrogen (secondary N) is 1. The maximum Gasteiger partial charge on any atom is 0.222 e. The number of likely N-dealkylation sites (tertiary alicyclic amines) is 1. The van der Waals surface area contributed by atoms with Crippen molar-refractivity contribution in [1.29, 1.82) is 0 Å². The van der Waals surface area contributed by atoms with Crippen molar-refractivity contribution in [3.05, 3.63) is 94.3 Å². The zero-order valence-electron chi connectivity index (χ0n) is 20.4. The number of rotatable bonds is 9. The van der Waals surface area contributed by atoms with E-state index < -0.39 is 0 Å². The van der Waals surface area contributed by atoms with E-state index in [0.717, 1.165) is 40.4 Å². The third-order valence-electron chi connectivity index (χ3n) is 6.68. The molecule has 0 unspecified atom stereocenters. The van der Waals surface area contributed by atoms with Crippen molar-refractivity contribution in [3.63, 3.8) is 0 Å². The fourth-order valence-electron chi connectivity index (χ4n) is 4.63. The second-order valence-electron chi connectivity index (χ2n) is 9.31. The van der Waals surface area contributed by atoms with Crippen molar-refractivity contribution in [3.8, 4) is 0 Å². The van der Waals surface area contributed by atoms with Crippen LogP contribution in [0.15, 0.2) is 67.0 Å². The lowest BCUT2D eigenvalue weighted by molar-refractivity contribution is -0.128. The van der Waals surface area contributed by atoms with E-state index >= 15 is 0 Å². The highest BCUT2D eigenvalue weighted by atomic mass is 35.5. The van der Waals surface area contributed by atoms with Crippen LogP contribution in [0.2, 0.25) is 5.02 Å². The zero-order chi connectivity index (χ0) is 25.8. The molecule has 0 atom stereocenters. The first kappa shape index (κ1) is 24.7. The van der Waals surface area contributed by atoms with Gasteiger partial charge >= 0.3 is 0 Å². The summed E-state index contributed by atoms with van der Waals surface area (Å²) in [6, 6.07) is 17.7. The first-order valence-electron chi connectivity index (χ1n) is 12.4. The molecule has 0 saturated carbocycles. The molecule has 4 aromatic rings. The molecule has 5 rings (SSSR count). The molecule has 37 heavy (non-hydrogen) atoms. The van der Waals surface area contributed by atoms with E-state index in [1.54, 1.807) is 18.5 Å². The molecule has 0 bridgehead atoms. The van der Waals surface area contributed by atoms with Crippen molar-refractivity contribution in [2.75, 3.05) is 17.6 Å². The van der Waals surface area contributed by atoms with Gasteiger partial charge in [0.2, 0.25) is 5.91 Å². The summed E-state index contributed by atoms with van der Waals surface area (Å²) in [6.07, 6.45) is 5.72. The Hall–Kier alpha value is -3.97. The summed E-state index contributed by atoms with van der Waals surface area (Å²) in [5.74, 6) is 1.20. The number of nitrogens with two attached hydrogens (primary N) is 1. The van der Waals surface area contributed by atoms with Crippen LogP contribution in [0.1, 0.15) is 46.3 Å². The highest BCUT2D eigenvalue weighted by Crippen LogP contribution is 2.24. The van der Waals surface area contributed by atoms with E-state index in [1.807, 2.05) is 53.4 Å². The van der Waals surface area contributed by atoms with Gasteiger partial charge in [-0.25, -0.2) is 9.97 Å². The Balaban J connectivity index is 1.22. The molecule has 1 aliphatic rings. The summed E-state index contributed by atoms with van der Waals surface area (Å²) in [4.78, 5) is 35.4. The van der Waals surface area contributed by atoms with Crippen molar-refractivity contribution < 1.29 is 9.59 Å². The van der Waals surface area contributed by atoms with Crippen LogP contribution < -0.4 is 11.1 Å². The van der Waals surface area contributed by atoms with Crippen molar-refractivity contribution >= 4 is 45.7 Å². The molecule has 1 amide bonds. The second-order valence-corrected chi connectivity index (χ2v) is 9.75. The van der Waals surface area contributed by atoms with E-state index in [1.165, 1.54) is 0 Å². The van der Waals surface area contributed by atoms with Crippen LogP contribution in [0, 0.1) is 0 Å². The smallest absolute Gasteiger partial charge is 0.222 e. The fourth-order valence-corrected chi connectivity index (χ4v) is 4.79. The number of Topliss-reactive ketones (excluding diaryl/α,β-unsaturated/α-hetero) is 1. The predicted octanol–water partition coefficient (Wildman–Crippen LogP) is 5.42. The monoisotopic (exact) mass is 513 g/mol. The average molecular weight is 514 g/mol. The van der Waals surface area contributed by atoms with E-state index in [9.17, 15) is 9.59 Å². The molecule has 0 radical (unpaired) electrons. The van der Waals surface area contributed by atoms with Gasteiger partial charge in [-0.05, 0) is 47.1 Å². The Morgan fingerprint density at radius 3 is 2.59 bits per heavy atom. The van der Waals surface area contributed by atoms with Gasteiger partial charge in [-0.15, -0.1) is 0 Å². The lowest BCUT2D eigenvalue weighted by Gasteiger charge is -2.16. The number of pyridine rings is 2. The molecular weight excluding hydrogens is 486 g/mol. The number of halogens is 1. The number of amides is 1. The van der Waals surface area contributed by atoms with Gasteiger partial charge in [0.25, 0.3) is 0 Å². The van der Waals surface area contributed by atoms with Crippen LogP contribution in [-0.4, -0.2) is 33.1 Å². The normalized spacial score (nSPS) is 13.3. The number of nitrogens with zero attached hydrogens (tertiary/aromatic N) is 3. The number of nitrogen functional groups attached to an aromatic ring is 1. The summed E-state index contributed by atoms with van der Waals surface area (Å²) in [5.41, 5.74) is 9.63. The van der Waals surface area contributed by atoms with E-state index in [4.69, 9.17) is 17.3 Å². The molecule has 8 heteroatoms. The van der Waals surface area contributed by atoms with Crippen LogP contribution in [-0.2, 0) is 24.3 Å². The maximum atomic E-state index is 13.2. The molecule has 3 heterocycles. The van der Waals surface area contributed by atoms with E-state index in [0.29, 0.717) is 54.6 Å². The van der Waals surface area contributed by atoms with Gasteiger partial charge in [-0.2, -0.15) is 0 Å². The summed E-state index contributed by atoms with van der Waals surface area (Å²) < 4.78 is 0. The van der Waals surface area contributed by atoms with Crippen molar-refractivity contribution in [1.82, 2.24) is 14.9 Å². The molecule has 0 spiro atoms. The van der Waals surface area contributed by atoms with E-state index in [2.05, 4.69) is 15.3 Å². The van der Waals surface area contributed by atoms with Gasteiger partial charge in [0, 0.05) is 50.3 Å². The third kappa shape index (κ3) is 5.89. The number of fused-ring (bicyclic) bond motifs is 1. The molecule has 0 aliphatic carbocycles. The first-order chi connectivity index (χ1) is 18.0. The summed E-state index contributed by atoms with van der Waals surface area (Å²) in [6.45, 7) is 1.98. The van der Waals surface area contributed by atoms with Crippen LogP contribution in [0.25, 0.3) is 10.8 Å². The maximum absolute atomic E-state index is 13.2. The number of ketones is 1. The van der Waals surface area contributed by atoms with Crippen LogP contribution in [0.5, 0.6) is 0 Å². The minimum absolute atomic E-state index is 0.0301. The number of aryl methyl sites for hydroxylation is 1. The molecule has 3 N–H and O–H groups in total. The number of hydrogen-bond donors (Lipinski definition) is 2. The molecule has 2 aromatic heterocycles. The summed E-state index contributed by atoms with van der Waals surface area (Å²) in [7, 11) is 0. The van der Waals surface area contributed by atoms with E-state index in [-0.39, 0.29) is 11.7 Å². The molecule has 1 fully saturated rings. The number of anilines is 2. The van der Waals surface area contributed by atoms with Crippen LogP contribution in [0.3, 0.4) is 0 Å². The van der Waals surface area contributed by atoms with Gasteiger partial charge < -0.3 is 16.0 Å². The molecule has 1 saturated heterocycles. The molecule has 2 aromatic carbocycles. The zero-order valence-corrected chi connectivity index (χ0v) is 21.2. The number of benzene rings is 2. The van der Waals surface area contributed by atoms with Gasteiger partial charge in [-0.1, -0.05) is 54.1 Å². The quantitative estimate of drug-likeness (QED) is 0.290.